The molecule has 0 saturated heterocycles. The molecule has 18 heavy (non-hydrogen) atoms. The van der Waals surface area contributed by atoms with Crippen LogP contribution in [-0.2, 0) is 4.74 Å². The Balaban J connectivity index is 2.98. The van der Waals surface area contributed by atoms with E-state index in [1.54, 1.807) is 13.8 Å². The van der Waals surface area contributed by atoms with Gasteiger partial charge in [-0.2, -0.15) is 0 Å². The van der Waals surface area contributed by atoms with E-state index in [1.807, 2.05) is 0 Å². The van der Waals surface area contributed by atoms with E-state index in [0.717, 1.165) is 12.1 Å². The van der Waals surface area contributed by atoms with Crippen LogP contribution in [0.15, 0.2) is 12.1 Å². The van der Waals surface area contributed by atoms with E-state index >= 15 is 0 Å². The Bertz CT molecular complexity index is 462. The highest BCUT2D eigenvalue weighted by Gasteiger charge is 2.24. The molecule has 1 amide bonds. The summed E-state index contributed by atoms with van der Waals surface area (Å²) in [7, 11) is 1.48. The van der Waals surface area contributed by atoms with E-state index in [2.05, 4.69) is 5.32 Å². The quantitative estimate of drug-likeness (QED) is 0.808. The number of hydrogen-bond acceptors (Lipinski definition) is 3. The predicted molar refractivity (Wildman–Crippen MR) is 64.2 cm³/mol. The Morgan fingerprint density at radius 1 is 1.44 bits per heavy atom. The summed E-state index contributed by atoms with van der Waals surface area (Å²) in [5.41, 5.74) is 3.75. The van der Waals surface area contributed by atoms with Crippen LogP contribution in [0.4, 0.5) is 14.5 Å². The van der Waals surface area contributed by atoms with Crippen LogP contribution in [0.2, 0.25) is 0 Å². The second-order valence-electron chi connectivity index (χ2n) is 4.63. The second kappa shape index (κ2) is 5.30. The molecule has 3 N–H and O–H groups in total. The Morgan fingerprint density at radius 2 is 2.06 bits per heavy atom. The molecule has 0 spiro atoms. The number of ether oxygens (including phenoxy) is 1. The Hall–Kier alpha value is -1.69. The van der Waals surface area contributed by atoms with E-state index < -0.39 is 34.3 Å². The monoisotopic (exact) mass is 258 g/mol. The van der Waals surface area contributed by atoms with Crippen molar-refractivity contribution in [1.29, 1.82) is 0 Å². The van der Waals surface area contributed by atoms with Gasteiger partial charge in [-0.25, -0.2) is 8.78 Å². The van der Waals surface area contributed by atoms with Gasteiger partial charge >= 0.3 is 0 Å². The van der Waals surface area contributed by atoms with E-state index in [0.29, 0.717) is 0 Å². The summed E-state index contributed by atoms with van der Waals surface area (Å²) in [6, 6.07) is 1.64. The smallest absolute Gasteiger partial charge is 0.254 e. The van der Waals surface area contributed by atoms with Gasteiger partial charge in [0.15, 0.2) is 5.82 Å². The molecule has 0 aliphatic rings. The Morgan fingerprint density at radius 3 is 2.61 bits per heavy atom. The van der Waals surface area contributed by atoms with Gasteiger partial charge in [-0.3, -0.25) is 4.79 Å². The lowest BCUT2D eigenvalue weighted by Crippen LogP contribution is -2.47. The molecule has 4 nitrogen and oxygen atoms in total. The molecule has 1 aromatic carbocycles. The molecule has 0 saturated carbocycles. The van der Waals surface area contributed by atoms with Crippen LogP contribution in [-0.4, -0.2) is 25.2 Å². The lowest BCUT2D eigenvalue weighted by molar-refractivity contribution is 0.0816. The van der Waals surface area contributed by atoms with Crippen molar-refractivity contribution in [3.05, 3.63) is 29.3 Å². The molecule has 0 radical (unpaired) electrons. The number of halogens is 2. The van der Waals surface area contributed by atoms with Gasteiger partial charge in [-0.05, 0) is 26.0 Å². The van der Waals surface area contributed by atoms with Gasteiger partial charge in [-0.15, -0.1) is 0 Å². The van der Waals surface area contributed by atoms with Crippen LogP contribution >= 0.6 is 0 Å². The predicted octanol–water partition coefficient (Wildman–Crippen LogP) is 1.70. The Kier molecular flexibility index (Phi) is 4.24. The molecule has 0 heterocycles. The van der Waals surface area contributed by atoms with Gasteiger partial charge in [0, 0.05) is 7.11 Å². The third-order valence-corrected chi connectivity index (χ3v) is 2.27. The van der Waals surface area contributed by atoms with Crippen molar-refractivity contribution in [2.24, 2.45) is 0 Å². The first-order chi connectivity index (χ1) is 8.26. The topological polar surface area (TPSA) is 64.3 Å². The molecular formula is C12H16F2N2O2. The van der Waals surface area contributed by atoms with Crippen molar-refractivity contribution in [3.63, 3.8) is 0 Å². The van der Waals surface area contributed by atoms with Crippen LogP contribution in [0.3, 0.4) is 0 Å². The first-order valence-electron chi connectivity index (χ1n) is 5.33. The highest BCUT2D eigenvalue weighted by molar-refractivity contribution is 5.95. The molecule has 0 bridgehead atoms. The molecule has 0 unspecified atom stereocenters. The van der Waals surface area contributed by atoms with E-state index in [9.17, 15) is 13.6 Å². The maximum absolute atomic E-state index is 13.6. The number of methoxy groups -OCH3 is 1. The van der Waals surface area contributed by atoms with Gasteiger partial charge < -0.3 is 15.8 Å². The number of nitrogens with one attached hydrogen (secondary N) is 1. The maximum atomic E-state index is 13.6. The summed E-state index contributed by atoms with van der Waals surface area (Å²) in [6.07, 6.45) is 0. The third kappa shape index (κ3) is 3.40. The third-order valence-electron chi connectivity index (χ3n) is 2.27. The van der Waals surface area contributed by atoms with Gasteiger partial charge in [0.2, 0.25) is 0 Å². The zero-order valence-electron chi connectivity index (χ0n) is 10.5. The number of anilines is 1. The normalized spacial score (nSPS) is 11.4. The first kappa shape index (κ1) is 14.4. The molecule has 6 heteroatoms. The van der Waals surface area contributed by atoms with E-state index in [-0.39, 0.29) is 6.61 Å². The molecule has 0 aromatic heterocycles. The Labute approximate surface area is 104 Å². The summed E-state index contributed by atoms with van der Waals surface area (Å²) in [5, 5.41) is 2.54. The highest BCUT2D eigenvalue weighted by atomic mass is 19.1. The first-order valence-corrected chi connectivity index (χ1v) is 5.33. The fraction of sp³-hybridized carbons (Fsp3) is 0.417. The summed E-state index contributed by atoms with van der Waals surface area (Å²) in [5.74, 6) is -2.42. The lowest BCUT2D eigenvalue weighted by Gasteiger charge is -2.25. The summed E-state index contributed by atoms with van der Waals surface area (Å²) in [6.45, 7) is 3.65. The van der Waals surface area contributed by atoms with E-state index in [1.165, 1.54) is 7.11 Å². The lowest BCUT2D eigenvalue weighted by atomic mass is 10.1. The van der Waals surface area contributed by atoms with Crippen LogP contribution in [0.1, 0.15) is 24.2 Å². The molecular weight excluding hydrogens is 242 g/mol. The second-order valence-corrected chi connectivity index (χ2v) is 4.63. The molecule has 100 valence electrons. The zero-order chi connectivity index (χ0) is 13.9. The molecule has 1 aromatic rings. The van der Waals surface area contributed by atoms with Crippen molar-refractivity contribution < 1.29 is 18.3 Å². The number of amides is 1. The summed E-state index contributed by atoms with van der Waals surface area (Å²) in [4.78, 5) is 11.8. The molecule has 0 atom stereocenters. The van der Waals surface area contributed by atoms with E-state index in [4.69, 9.17) is 10.5 Å². The van der Waals surface area contributed by atoms with Crippen molar-refractivity contribution in [2.75, 3.05) is 19.5 Å². The van der Waals surface area contributed by atoms with Gasteiger partial charge in [0.25, 0.3) is 5.91 Å². The average Bonchev–Trinajstić information content (AvgIpc) is 2.22. The summed E-state index contributed by atoms with van der Waals surface area (Å²) < 4.78 is 31.6. The van der Waals surface area contributed by atoms with Crippen molar-refractivity contribution in [2.45, 2.75) is 19.4 Å². The van der Waals surface area contributed by atoms with Crippen LogP contribution in [0.25, 0.3) is 0 Å². The van der Waals surface area contributed by atoms with Crippen LogP contribution < -0.4 is 11.1 Å². The van der Waals surface area contributed by atoms with Crippen molar-refractivity contribution >= 4 is 11.6 Å². The van der Waals surface area contributed by atoms with Gasteiger partial charge in [0.05, 0.1) is 23.4 Å². The van der Waals surface area contributed by atoms with Crippen LogP contribution in [0.5, 0.6) is 0 Å². The zero-order valence-corrected chi connectivity index (χ0v) is 10.5. The fourth-order valence-electron chi connectivity index (χ4n) is 1.55. The van der Waals surface area contributed by atoms with Crippen molar-refractivity contribution in [3.8, 4) is 0 Å². The molecule has 0 aliphatic heterocycles. The minimum atomic E-state index is -0.929. The number of nitrogen functional groups attached to an aromatic ring is 1. The number of carbonyl (C=O) groups is 1. The highest BCUT2D eigenvalue weighted by Crippen LogP contribution is 2.18. The largest absolute Gasteiger partial charge is 0.396 e. The number of rotatable bonds is 4. The van der Waals surface area contributed by atoms with Gasteiger partial charge in [-0.1, -0.05) is 0 Å². The standard InChI is InChI=1S/C12H16F2N2O2/c1-12(2,6-18-3)16-11(17)8-4-7(13)5-9(15)10(8)14/h4-5H,6,15H2,1-3H3,(H,16,17). The molecule has 0 aliphatic carbocycles. The number of hydrogen-bond donors (Lipinski definition) is 2. The minimum absolute atomic E-state index is 0.241. The average molecular weight is 258 g/mol. The van der Waals surface area contributed by atoms with Gasteiger partial charge in [0.1, 0.15) is 5.82 Å². The van der Waals surface area contributed by atoms with Crippen LogP contribution in [0, 0.1) is 11.6 Å². The van der Waals surface area contributed by atoms with Crippen molar-refractivity contribution in [1.82, 2.24) is 5.32 Å². The minimum Gasteiger partial charge on any atom is -0.396 e. The summed E-state index contributed by atoms with van der Waals surface area (Å²) >= 11 is 0. The fourth-order valence-corrected chi connectivity index (χ4v) is 1.55. The molecule has 1 rings (SSSR count). The maximum Gasteiger partial charge on any atom is 0.254 e. The number of benzene rings is 1. The number of carbonyl (C=O) groups excluding carboxylic acids is 1. The number of nitrogens with two attached hydrogens (primary N) is 1. The molecule has 0 fully saturated rings. The SMILES string of the molecule is COCC(C)(C)NC(=O)c1cc(F)cc(N)c1F.